The Hall–Kier alpha value is -1.26. The fourth-order valence-electron chi connectivity index (χ4n) is 4.41. The highest BCUT2D eigenvalue weighted by Crippen LogP contribution is 2.39. The van der Waals surface area contributed by atoms with Gasteiger partial charge in [0.2, 0.25) is 0 Å². The molecule has 2 fully saturated rings. The number of pyridine rings is 1. The van der Waals surface area contributed by atoms with E-state index in [-0.39, 0.29) is 0 Å². The summed E-state index contributed by atoms with van der Waals surface area (Å²) in [5, 5.41) is 5.05. The molecule has 0 bridgehead atoms. The van der Waals surface area contributed by atoms with Crippen LogP contribution in [0.4, 0.5) is 0 Å². The quantitative estimate of drug-likeness (QED) is 0.732. The van der Waals surface area contributed by atoms with E-state index in [1.54, 1.807) is 11.3 Å². The van der Waals surface area contributed by atoms with Crippen molar-refractivity contribution in [1.29, 1.82) is 0 Å². The number of nitrogens with one attached hydrogen (secondary N) is 1. The molecule has 2 atom stereocenters. The molecule has 0 radical (unpaired) electrons. The smallest absolute Gasteiger partial charge is 0.142 e. The zero-order valence-electron chi connectivity index (χ0n) is 15.2. The Bertz CT molecular complexity index is 659. The van der Waals surface area contributed by atoms with Gasteiger partial charge < -0.3 is 5.32 Å². The third-order valence-corrected chi connectivity index (χ3v) is 7.29. The summed E-state index contributed by atoms with van der Waals surface area (Å²) in [7, 11) is 0. The van der Waals surface area contributed by atoms with Crippen molar-refractivity contribution in [3.8, 4) is 10.7 Å². The molecule has 2 saturated carbocycles. The van der Waals surface area contributed by atoms with Crippen molar-refractivity contribution in [2.45, 2.75) is 70.4 Å². The molecule has 2 aliphatic carbocycles. The molecule has 25 heavy (non-hydrogen) atoms. The van der Waals surface area contributed by atoms with Crippen LogP contribution in [0.2, 0.25) is 0 Å². The van der Waals surface area contributed by atoms with Gasteiger partial charge in [0.05, 0.1) is 5.69 Å². The largest absolute Gasteiger partial charge is 0.306 e. The Labute approximate surface area is 155 Å². The number of hydrogen-bond donors (Lipinski definition) is 1. The van der Waals surface area contributed by atoms with Crippen LogP contribution in [0.3, 0.4) is 0 Å². The van der Waals surface area contributed by atoms with E-state index >= 15 is 0 Å². The number of hydrogen-bond acceptors (Lipinski definition) is 4. The SMILES string of the molecule is CC(NC(C1CCCCC1)C1CCC1)c1cnc(-c2ccccn2)s1. The molecule has 0 amide bonds. The third kappa shape index (κ3) is 3.95. The molecular formula is C21H29N3S. The van der Waals surface area contributed by atoms with Crippen LogP contribution in [0.25, 0.3) is 10.7 Å². The van der Waals surface area contributed by atoms with Gasteiger partial charge in [-0.05, 0) is 56.6 Å². The number of nitrogens with zero attached hydrogens (tertiary/aromatic N) is 2. The molecular weight excluding hydrogens is 326 g/mol. The normalized spacial score (nSPS) is 21.6. The molecule has 2 aromatic rings. The predicted octanol–water partition coefficient (Wildman–Crippen LogP) is 5.60. The molecule has 0 aliphatic heterocycles. The predicted molar refractivity (Wildman–Crippen MR) is 105 cm³/mol. The van der Waals surface area contributed by atoms with Crippen LogP contribution >= 0.6 is 11.3 Å². The summed E-state index contributed by atoms with van der Waals surface area (Å²) in [5.74, 6) is 1.78. The highest BCUT2D eigenvalue weighted by atomic mass is 32.1. The van der Waals surface area contributed by atoms with Crippen LogP contribution in [0.1, 0.15) is 69.2 Å². The molecule has 2 unspecified atom stereocenters. The molecule has 0 spiro atoms. The van der Waals surface area contributed by atoms with Gasteiger partial charge in [0.1, 0.15) is 5.01 Å². The molecule has 2 heterocycles. The lowest BCUT2D eigenvalue weighted by Gasteiger charge is -2.42. The zero-order valence-corrected chi connectivity index (χ0v) is 16.0. The van der Waals surface area contributed by atoms with Crippen molar-refractivity contribution in [3.05, 3.63) is 35.5 Å². The van der Waals surface area contributed by atoms with Crippen LogP contribution in [-0.2, 0) is 0 Å². The summed E-state index contributed by atoms with van der Waals surface area (Å²) in [6, 6.07) is 7.10. The van der Waals surface area contributed by atoms with E-state index in [9.17, 15) is 0 Å². The molecule has 3 nitrogen and oxygen atoms in total. The molecule has 4 rings (SSSR count). The third-order valence-electron chi connectivity index (χ3n) is 6.09. The van der Waals surface area contributed by atoms with Crippen molar-refractivity contribution >= 4 is 11.3 Å². The van der Waals surface area contributed by atoms with Crippen molar-refractivity contribution in [3.63, 3.8) is 0 Å². The molecule has 0 aromatic carbocycles. The lowest BCUT2D eigenvalue weighted by molar-refractivity contribution is 0.137. The van der Waals surface area contributed by atoms with Crippen molar-refractivity contribution in [1.82, 2.24) is 15.3 Å². The summed E-state index contributed by atoms with van der Waals surface area (Å²) in [5.41, 5.74) is 0.980. The first-order chi connectivity index (χ1) is 12.3. The second-order valence-corrected chi connectivity index (χ2v) is 8.85. The lowest BCUT2D eigenvalue weighted by Crippen LogP contribution is -2.46. The van der Waals surface area contributed by atoms with Crippen LogP contribution in [0.15, 0.2) is 30.6 Å². The standard InChI is InChI=1S/C21H29N3S/c1-15(19-14-23-21(25-19)18-12-5-6-13-22-18)24-20(17-10-7-11-17)16-8-3-2-4-9-16/h5-6,12-17,20,24H,2-4,7-11H2,1H3. The van der Waals surface area contributed by atoms with Gasteiger partial charge in [-0.3, -0.25) is 4.98 Å². The Morgan fingerprint density at radius 1 is 1.00 bits per heavy atom. The van der Waals surface area contributed by atoms with Gasteiger partial charge in [0, 0.05) is 29.4 Å². The van der Waals surface area contributed by atoms with Gasteiger partial charge in [-0.1, -0.05) is 31.7 Å². The molecule has 0 saturated heterocycles. The first-order valence-electron chi connectivity index (χ1n) is 9.94. The zero-order chi connectivity index (χ0) is 17.1. The van der Waals surface area contributed by atoms with Gasteiger partial charge in [-0.2, -0.15) is 0 Å². The summed E-state index contributed by atoms with van der Waals surface area (Å²) < 4.78 is 0. The summed E-state index contributed by atoms with van der Waals surface area (Å²) >= 11 is 1.78. The van der Waals surface area contributed by atoms with E-state index < -0.39 is 0 Å². The minimum absolute atomic E-state index is 0.377. The maximum absolute atomic E-state index is 4.62. The van der Waals surface area contributed by atoms with E-state index in [0.29, 0.717) is 12.1 Å². The number of rotatable bonds is 6. The molecule has 2 aromatic heterocycles. The van der Waals surface area contributed by atoms with Gasteiger partial charge in [-0.15, -0.1) is 11.3 Å². The van der Waals surface area contributed by atoms with E-state index in [2.05, 4.69) is 22.2 Å². The summed E-state index contributed by atoms with van der Waals surface area (Å²) in [6.07, 6.45) is 15.3. The monoisotopic (exact) mass is 355 g/mol. The summed E-state index contributed by atoms with van der Waals surface area (Å²) in [4.78, 5) is 10.4. The van der Waals surface area contributed by atoms with Gasteiger partial charge >= 0.3 is 0 Å². The maximum Gasteiger partial charge on any atom is 0.142 e. The maximum atomic E-state index is 4.62. The van der Waals surface area contributed by atoms with Crippen LogP contribution in [-0.4, -0.2) is 16.0 Å². The minimum atomic E-state index is 0.377. The number of aromatic nitrogens is 2. The van der Waals surface area contributed by atoms with E-state index in [1.165, 1.54) is 56.2 Å². The van der Waals surface area contributed by atoms with Crippen LogP contribution in [0, 0.1) is 11.8 Å². The highest BCUT2D eigenvalue weighted by Gasteiger charge is 2.34. The first kappa shape index (κ1) is 17.2. The van der Waals surface area contributed by atoms with Crippen molar-refractivity contribution < 1.29 is 0 Å². The Morgan fingerprint density at radius 2 is 1.76 bits per heavy atom. The molecule has 134 valence electrons. The van der Waals surface area contributed by atoms with Gasteiger partial charge in [-0.25, -0.2) is 4.98 Å². The lowest BCUT2D eigenvalue weighted by atomic mass is 9.71. The van der Waals surface area contributed by atoms with Crippen molar-refractivity contribution in [2.24, 2.45) is 11.8 Å². The molecule has 4 heteroatoms. The minimum Gasteiger partial charge on any atom is -0.306 e. The second-order valence-electron chi connectivity index (χ2n) is 7.79. The average molecular weight is 356 g/mol. The second kappa shape index (κ2) is 7.96. The summed E-state index contributed by atoms with van der Waals surface area (Å²) in [6.45, 7) is 2.31. The fourth-order valence-corrected chi connectivity index (χ4v) is 5.32. The van der Waals surface area contributed by atoms with Crippen LogP contribution in [0.5, 0.6) is 0 Å². The van der Waals surface area contributed by atoms with Gasteiger partial charge in [0.25, 0.3) is 0 Å². The van der Waals surface area contributed by atoms with Crippen molar-refractivity contribution in [2.75, 3.05) is 0 Å². The highest BCUT2D eigenvalue weighted by molar-refractivity contribution is 7.15. The van der Waals surface area contributed by atoms with E-state index in [1.807, 2.05) is 30.6 Å². The molecule has 1 N–H and O–H groups in total. The van der Waals surface area contributed by atoms with E-state index in [0.717, 1.165) is 22.5 Å². The first-order valence-corrected chi connectivity index (χ1v) is 10.8. The topological polar surface area (TPSA) is 37.8 Å². The van der Waals surface area contributed by atoms with Crippen LogP contribution < -0.4 is 5.32 Å². The molecule has 2 aliphatic rings. The fraction of sp³-hybridized carbons (Fsp3) is 0.619. The Morgan fingerprint density at radius 3 is 2.40 bits per heavy atom. The average Bonchev–Trinajstić information content (AvgIpc) is 3.11. The Kier molecular flexibility index (Phi) is 5.47. The Balaban J connectivity index is 1.45. The van der Waals surface area contributed by atoms with Gasteiger partial charge in [0.15, 0.2) is 0 Å². The number of thiazole rings is 1. The van der Waals surface area contributed by atoms with E-state index in [4.69, 9.17) is 0 Å².